The summed E-state index contributed by atoms with van der Waals surface area (Å²) in [5.74, 6) is -0.787. The van der Waals surface area contributed by atoms with Crippen LogP contribution in [-0.4, -0.2) is 33.4 Å². The average Bonchev–Trinajstić information content (AvgIpc) is 2.47. The van der Waals surface area contributed by atoms with Gasteiger partial charge >= 0.3 is 0 Å². The number of nitrogens with one attached hydrogen (secondary N) is 1. The Morgan fingerprint density at radius 2 is 1.95 bits per heavy atom. The lowest BCUT2D eigenvalue weighted by Gasteiger charge is -2.26. The van der Waals surface area contributed by atoms with Crippen LogP contribution in [0.3, 0.4) is 0 Å². The summed E-state index contributed by atoms with van der Waals surface area (Å²) < 4.78 is 0. The Morgan fingerprint density at radius 3 is 2.33 bits per heavy atom. The Kier molecular flexibility index (Phi) is 6.87. The molecule has 1 aromatic carbocycles. The van der Waals surface area contributed by atoms with E-state index in [9.17, 15) is 20.0 Å². The van der Waals surface area contributed by atoms with E-state index >= 15 is 0 Å². The smallest absolute Gasteiger partial charge is 0.269 e. The number of alkyl halides is 2. The fourth-order valence-electron chi connectivity index (χ4n) is 2.11. The van der Waals surface area contributed by atoms with Gasteiger partial charge in [-0.25, -0.2) is 0 Å². The summed E-state index contributed by atoms with van der Waals surface area (Å²) in [4.78, 5) is 20.5. The second kappa shape index (κ2) is 8.17. The molecule has 2 atom stereocenters. The van der Waals surface area contributed by atoms with Gasteiger partial charge in [0.1, 0.15) is 0 Å². The molecule has 0 saturated heterocycles. The maximum absolute atomic E-state index is 11.5. The average molecular weight is 335 g/mol. The topological polar surface area (TPSA) is 92.5 Å². The second-order valence-electron chi connectivity index (χ2n) is 4.46. The van der Waals surface area contributed by atoms with E-state index in [2.05, 4.69) is 5.32 Å². The first kappa shape index (κ1) is 17.7. The van der Waals surface area contributed by atoms with E-state index in [0.29, 0.717) is 6.42 Å². The second-order valence-corrected chi connectivity index (χ2v) is 5.56. The molecule has 0 radical (unpaired) electrons. The molecular formula is C13H16Cl2N2O4. The molecule has 0 aliphatic heterocycles. The Hall–Kier alpha value is -1.37. The molecule has 0 aliphatic rings. The summed E-state index contributed by atoms with van der Waals surface area (Å²) in [6.45, 7) is 1.60. The number of nitro groups is 1. The zero-order valence-electron chi connectivity index (χ0n) is 11.3. The third-order valence-corrected chi connectivity index (χ3v) is 3.58. The van der Waals surface area contributed by atoms with Crippen molar-refractivity contribution in [2.75, 3.05) is 6.61 Å². The van der Waals surface area contributed by atoms with E-state index in [1.54, 1.807) is 12.1 Å². The van der Waals surface area contributed by atoms with Crippen LogP contribution < -0.4 is 5.32 Å². The highest BCUT2D eigenvalue weighted by molar-refractivity contribution is 6.53. The fraction of sp³-hybridized carbons (Fsp3) is 0.462. The minimum atomic E-state index is -1.21. The van der Waals surface area contributed by atoms with Gasteiger partial charge in [0.25, 0.3) is 11.6 Å². The molecule has 21 heavy (non-hydrogen) atoms. The lowest BCUT2D eigenvalue weighted by molar-refractivity contribution is -0.384. The predicted molar refractivity (Wildman–Crippen MR) is 80.6 cm³/mol. The molecule has 0 saturated carbocycles. The van der Waals surface area contributed by atoms with Gasteiger partial charge in [-0.15, -0.1) is 0 Å². The molecule has 8 heteroatoms. The van der Waals surface area contributed by atoms with Crippen molar-refractivity contribution in [1.82, 2.24) is 5.32 Å². The lowest BCUT2D eigenvalue weighted by Crippen LogP contribution is -2.43. The molecule has 0 aromatic heterocycles. The van der Waals surface area contributed by atoms with E-state index in [-0.39, 0.29) is 18.2 Å². The van der Waals surface area contributed by atoms with Crippen molar-refractivity contribution >= 4 is 34.8 Å². The Labute approximate surface area is 132 Å². The number of aliphatic hydroxyl groups is 1. The van der Waals surface area contributed by atoms with Gasteiger partial charge in [0.2, 0.25) is 0 Å². The zero-order chi connectivity index (χ0) is 16.0. The summed E-state index contributed by atoms with van der Waals surface area (Å²) >= 11 is 11.0. The lowest BCUT2D eigenvalue weighted by atomic mass is 9.89. The number of hydrogen-bond donors (Lipinski definition) is 2. The molecule has 0 fully saturated rings. The van der Waals surface area contributed by atoms with Crippen molar-refractivity contribution < 1.29 is 14.8 Å². The number of non-ortho nitro benzene ring substituents is 1. The van der Waals surface area contributed by atoms with Gasteiger partial charge in [-0.2, -0.15) is 0 Å². The zero-order valence-corrected chi connectivity index (χ0v) is 12.8. The SMILES string of the molecule is CC[C@H](c1ccc([N+](=O)[O-])cc1)[C@H](CO)NC(=O)C(Cl)Cl. The first-order valence-electron chi connectivity index (χ1n) is 6.34. The monoisotopic (exact) mass is 334 g/mol. The molecule has 1 rings (SSSR count). The summed E-state index contributed by atoms with van der Waals surface area (Å²) in [6, 6.07) is 5.43. The molecule has 1 amide bonds. The van der Waals surface area contributed by atoms with E-state index in [4.69, 9.17) is 23.2 Å². The predicted octanol–water partition coefficient (Wildman–Crippen LogP) is 2.37. The standard InChI is InChI=1S/C13H16Cl2N2O4/c1-2-10(11(7-18)16-13(19)12(14)15)8-3-5-9(6-4-8)17(20)21/h3-6,10-12,18H,2,7H2,1H3,(H,16,19)/t10-,11+/m1/s1. The van der Waals surface area contributed by atoms with Gasteiger partial charge < -0.3 is 10.4 Å². The minimum absolute atomic E-state index is 0.0141. The maximum atomic E-state index is 11.5. The van der Waals surface area contributed by atoms with Crippen LogP contribution in [0.25, 0.3) is 0 Å². The highest BCUT2D eigenvalue weighted by Crippen LogP contribution is 2.25. The van der Waals surface area contributed by atoms with Crippen molar-refractivity contribution in [3.8, 4) is 0 Å². The number of carbonyl (C=O) groups excluding carboxylic acids is 1. The third-order valence-electron chi connectivity index (χ3n) is 3.18. The van der Waals surface area contributed by atoms with Crippen molar-refractivity contribution in [2.24, 2.45) is 0 Å². The van der Waals surface area contributed by atoms with Crippen LogP contribution in [0.4, 0.5) is 5.69 Å². The molecule has 0 unspecified atom stereocenters. The van der Waals surface area contributed by atoms with Crippen LogP contribution in [0.2, 0.25) is 0 Å². The first-order valence-corrected chi connectivity index (χ1v) is 7.21. The van der Waals surface area contributed by atoms with Crippen LogP contribution in [0.1, 0.15) is 24.8 Å². The Bertz CT molecular complexity index is 493. The summed E-state index contributed by atoms with van der Waals surface area (Å²) in [6.07, 6.45) is 0.624. The quantitative estimate of drug-likeness (QED) is 0.454. The largest absolute Gasteiger partial charge is 0.394 e. The van der Waals surface area contributed by atoms with E-state index < -0.39 is 21.7 Å². The number of aliphatic hydroxyl groups excluding tert-OH is 1. The Morgan fingerprint density at radius 1 is 1.38 bits per heavy atom. The van der Waals surface area contributed by atoms with Crippen LogP contribution in [0.15, 0.2) is 24.3 Å². The number of carbonyl (C=O) groups is 1. The van der Waals surface area contributed by atoms with Gasteiger partial charge in [0, 0.05) is 18.1 Å². The molecule has 2 N–H and O–H groups in total. The van der Waals surface area contributed by atoms with Crippen molar-refractivity contribution in [2.45, 2.75) is 30.1 Å². The fourth-order valence-corrected chi connectivity index (χ4v) is 2.24. The molecule has 0 spiro atoms. The van der Waals surface area contributed by atoms with E-state index in [1.807, 2.05) is 6.92 Å². The summed E-state index contributed by atoms with van der Waals surface area (Å²) in [5.41, 5.74) is 0.767. The highest BCUT2D eigenvalue weighted by atomic mass is 35.5. The van der Waals surface area contributed by atoms with Gasteiger partial charge in [-0.05, 0) is 12.0 Å². The van der Waals surface area contributed by atoms with Crippen molar-refractivity contribution in [3.05, 3.63) is 39.9 Å². The molecular weight excluding hydrogens is 319 g/mol. The summed E-state index contributed by atoms with van der Waals surface area (Å²) in [5, 5.41) is 22.7. The van der Waals surface area contributed by atoms with Gasteiger partial charge in [-0.3, -0.25) is 14.9 Å². The van der Waals surface area contributed by atoms with Crippen LogP contribution in [0.5, 0.6) is 0 Å². The van der Waals surface area contributed by atoms with Crippen molar-refractivity contribution in [1.29, 1.82) is 0 Å². The van der Waals surface area contributed by atoms with Gasteiger partial charge in [0.05, 0.1) is 17.6 Å². The highest BCUT2D eigenvalue weighted by Gasteiger charge is 2.25. The third kappa shape index (κ3) is 4.84. The number of nitrogens with zero attached hydrogens (tertiary/aromatic N) is 1. The molecule has 0 aliphatic carbocycles. The van der Waals surface area contributed by atoms with Crippen LogP contribution in [0, 0.1) is 10.1 Å². The minimum Gasteiger partial charge on any atom is -0.394 e. The van der Waals surface area contributed by atoms with E-state index in [0.717, 1.165) is 5.56 Å². The molecule has 0 bridgehead atoms. The number of hydrogen-bond acceptors (Lipinski definition) is 4. The maximum Gasteiger partial charge on any atom is 0.269 e. The van der Waals surface area contributed by atoms with Gasteiger partial charge in [-0.1, -0.05) is 42.3 Å². The number of halogens is 2. The number of amides is 1. The molecule has 1 aromatic rings. The van der Waals surface area contributed by atoms with Gasteiger partial charge in [0.15, 0.2) is 4.84 Å². The van der Waals surface area contributed by atoms with Crippen LogP contribution >= 0.6 is 23.2 Å². The molecule has 6 nitrogen and oxygen atoms in total. The van der Waals surface area contributed by atoms with Crippen molar-refractivity contribution in [3.63, 3.8) is 0 Å². The number of rotatable bonds is 7. The summed E-state index contributed by atoms with van der Waals surface area (Å²) in [7, 11) is 0. The number of benzene rings is 1. The van der Waals surface area contributed by atoms with Crippen LogP contribution in [-0.2, 0) is 4.79 Å². The number of nitro benzene ring substituents is 1. The first-order chi connectivity index (χ1) is 9.90. The molecule has 0 heterocycles. The molecule has 116 valence electrons. The Balaban J connectivity index is 2.93. The van der Waals surface area contributed by atoms with E-state index in [1.165, 1.54) is 12.1 Å². The normalized spacial score (nSPS) is 13.8.